The topological polar surface area (TPSA) is 44.5 Å². The smallest absolute Gasteiger partial charge is 0.124 e. The Morgan fingerprint density at radius 3 is 2.26 bits per heavy atom. The maximum atomic E-state index is 6.57. The predicted octanol–water partition coefficient (Wildman–Crippen LogP) is 3.38. The van der Waals surface area contributed by atoms with Gasteiger partial charge in [0, 0.05) is 11.1 Å². The van der Waals surface area contributed by atoms with E-state index in [1.54, 1.807) is 14.2 Å². The number of rotatable bonds is 5. The first-order valence-corrected chi connectivity index (χ1v) is 7.19. The van der Waals surface area contributed by atoms with Crippen molar-refractivity contribution in [3.05, 3.63) is 23.3 Å². The van der Waals surface area contributed by atoms with E-state index in [9.17, 15) is 0 Å². The summed E-state index contributed by atoms with van der Waals surface area (Å²) < 4.78 is 11.1. The average molecular weight is 263 g/mol. The van der Waals surface area contributed by atoms with Gasteiger partial charge in [0.15, 0.2) is 0 Å². The van der Waals surface area contributed by atoms with Gasteiger partial charge in [0.2, 0.25) is 0 Å². The summed E-state index contributed by atoms with van der Waals surface area (Å²) in [6, 6.07) is 4.19. The van der Waals surface area contributed by atoms with Crippen LogP contribution in [0.1, 0.15) is 50.2 Å². The monoisotopic (exact) mass is 263 g/mol. The molecular formula is C16H25NO2. The minimum atomic E-state index is -0.247. The molecule has 1 aromatic rings. The predicted molar refractivity (Wildman–Crippen MR) is 77.9 cm³/mol. The first-order valence-electron chi connectivity index (χ1n) is 7.19. The van der Waals surface area contributed by atoms with Gasteiger partial charge in [-0.25, -0.2) is 0 Å². The van der Waals surface area contributed by atoms with Crippen LogP contribution in [-0.4, -0.2) is 14.2 Å². The molecule has 3 heteroatoms. The second-order valence-corrected chi connectivity index (χ2v) is 5.48. The van der Waals surface area contributed by atoms with Crippen LogP contribution in [0.25, 0.3) is 0 Å². The quantitative estimate of drug-likeness (QED) is 0.885. The van der Waals surface area contributed by atoms with Gasteiger partial charge >= 0.3 is 0 Å². The highest BCUT2D eigenvalue weighted by molar-refractivity contribution is 5.50. The van der Waals surface area contributed by atoms with Crippen molar-refractivity contribution in [2.24, 2.45) is 5.73 Å². The van der Waals surface area contributed by atoms with Crippen LogP contribution in [0, 0.1) is 0 Å². The average Bonchev–Trinajstić information content (AvgIpc) is 2.86. The molecule has 1 aliphatic rings. The van der Waals surface area contributed by atoms with E-state index >= 15 is 0 Å². The van der Waals surface area contributed by atoms with Crippen LogP contribution < -0.4 is 15.2 Å². The first kappa shape index (κ1) is 14.2. The zero-order chi connectivity index (χ0) is 13.9. The van der Waals surface area contributed by atoms with Crippen molar-refractivity contribution in [2.45, 2.75) is 51.0 Å². The Balaban J connectivity index is 2.47. The van der Waals surface area contributed by atoms with Gasteiger partial charge in [-0.1, -0.05) is 26.2 Å². The standard InChI is InChI=1S/C16H25NO2/c1-4-7-12-10-15(19-3)13(11-14(12)18-2)16(17)8-5-6-9-16/h10-11H,4-9,17H2,1-3H3. The van der Waals surface area contributed by atoms with Gasteiger partial charge in [0.25, 0.3) is 0 Å². The van der Waals surface area contributed by atoms with Crippen molar-refractivity contribution in [3.8, 4) is 11.5 Å². The van der Waals surface area contributed by atoms with E-state index in [0.29, 0.717) is 0 Å². The lowest BCUT2D eigenvalue weighted by atomic mass is 9.87. The molecule has 1 fully saturated rings. The highest BCUT2D eigenvalue weighted by atomic mass is 16.5. The summed E-state index contributed by atoms with van der Waals surface area (Å²) in [7, 11) is 3.45. The number of benzene rings is 1. The Hall–Kier alpha value is -1.22. The highest BCUT2D eigenvalue weighted by Gasteiger charge is 2.34. The molecule has 2 rings (SSSR count). The minimum absolute atomic E-state index is 0.247. The van der Waals surface area contributed by atoms with Crippen LogP contribution in [0.5, 0.6) is 11.5 Å². The minimum Gasteiger partial charge on any atom is -0.496 e. The second-order valence-electron chi connectivity index (χ2n) is 5.48. The third-order valence-corrected chi connectivity index (χ3v) is 4.15. The molecule has 1 aromatic carbocycles. The molecule has 2 N–H and O–H groups in total. The molecule has 0 bridgehead atoms. The van der Waals surface area contributed by atoms with Crippen molar-refractivity contribution in [2.75, 3.05) is 14.2 Å². The van der Waals surface area contributed by atoms with E-state index < -0.39 is 0 Å². The van der Waals surface area contributed by atoms with Crippen molar-refractivity contribution in [1.82, 2.24) is 0 Å². The molecule has 3 nitrogen and oxygen atoms in total. The summed E-state index contributed by atoms with van der Waals surface area (Å²) in [5.74, 6) is 1.85. The van der Waals surface area contributed by atoms with Crippen LogP contribution in [0.3, 0.4) is 0 Å². The normalized spacial score (nSPS) is 17.5. The van der Waals surface area contributed by atoms with Crippen molar-refractivity contribution in [3.63, 3.8) is 0 Å². The molecule has 19 heavy (non-hydrogen) atoms. The number of ether oxygens (including phenoxy) is 2. The summed E-state index contributed by atoms with van der Waals surface area (Å²) in [6.07, 6.45) is 6.53. The molecule has 0 aliphatic heterocycles. The van der Waals surface area contributed by atoms with Gasteiger partial charge in [-0.15, -0.1) is 0 Å². The van der Waals surface area contributed by atoms with Crippen LogP contribution in [0.15, 0.2) is 12.1 Å². The summed E-state index contributed by atoms with van der Waals surface area (Å²) in [4.78, 5) is 0. The number of aryl methyl sites for hydroxylation is 1. The molecule has 0 heterocycles. The van der Waals surface area contributed by atoms with E-state index in [0.717, 1.165) is 42.7 Å². The lowest BCUT2D eigenvalue weighted by molar-refractivity contribution is 0.369. The molecule has 0 unspecified atom stereocenters. The van der Waals surface area contributed by atoms with Gasteiger partial charge in [0.05, 0.1) is 14.2 Å². The van der Waals surface area contributed by atoms with E-state index in [-0.39, 0.29) is 5.54 Å². The number of nitrogens with two attached hydrogens (primary N) is 1. The summed E-state index contributed by atoms with van der Waals surface area (Å²) in [5, 5.41) is 0. The van der Waals surface area contributed by atoms with Crippen LogP contribution in [0.4, 0.5) is 0 Å². The molecular weight excluding hydrogens is 238 g/mol. The molecule has 1 saturated carbocycles. The van der Waals surface area contributed by atoms with Crippen LogP contribution in [-0.2, 0) is 12.0 Å². The summed E-state index contributed by atoms with van der Waals surface area (Å²) >= 11 is 0. The van der Waals surface area contributed by atoms with Crippen molar-refractivity contribution < 1.29 is 9.47 Å². The van der Waals surface area contributed by atoms with Gasteiger partial charge in [0.1, 0.15) is 11.5 Å². The largest absolute Gasteiger partial charge is 0.496 e. The van der Waals surface area contributed by atoms with Gasteiger partial charge in [-0.05, 0) is 37.0 Å². The van der Waals surface area contributed by atoms with Crippen LogP contribution in [0.2, 0.25) is 0 Å². The Bertz CT molecular complexity index is 437. The fourth-order valence-corrected chi connectivity index (χ4v) is 3.09. The van der Waals surface area contributed by atoms with E-state index in [1.165, 1.54) is 18.4 Å². The maximum Gasteiger partial charge on any atom is 0.124 e. The maximum absolute atomic E-state index is 6.57. The zero-order valence-corrected chi connectivity index (χ0v) is 12.3. The fraction of sp³-hybridized carbons (Fsp3) is 0.625. The molecule has 0 aromatic heterocycles. The van der Waals surface area contributed by atoms with E-state index in [4.69, 9.17) is 15.2 Å². The number of hydrogen-bond donors (Lipinski definition) is 1. The van der Waals surface area contributed by atoms with Crippen molar-refractivity contribution in [1.29, 1.82) is 0 Å². The Labute approximate surface area is 116 Å². The van der Waals surface area contributed by atoms with Crippen molar-refractivity contribution >= 4 is 0 Å². The van der Waals surface area contributed by atoms with E-state index in [2.05, 4.69) is 19.1 Å². The van der Waals surface area contributed by atoms with E-state index in [1.807, 2.05) is 0 Å². The first-order chi connectivity index (χ1) is 9.14. The van der Waals surface area contributed by atoms with Gasteiger partial charge in [-0.2, -0.15) is 0 Å². The van der Waals surface area contributed by atoms with Crippen LogP contribution >= 0.6 is 0 Å². The Kier molecular flexibility index (Phi) is 4.35. The lowest BCUT2D eigenvalue weighted by Gasteiger charge is -2.27. The Morgan fingerprint density at radius 2 is 1.74 bits per heavy atom. The fourth-order valence-electron chi connectivity index (χ4n) is 3.09. The molecule has 0 saturated heterocycles. The lowest BCUT2D eigenvalue weighted by Crippen LogP contribution is -2.33. The molecule has 0 radical (unpaired) electrons. The van der Waals surface area contributed by atoms with Gasteiger partial charge in [-0.3, -0.25) is 0 Å². The molecule has 0 spiro atoms. The third-order valence-electron chi connectivity index (χ3n) is 4.15. The molecule has 1 aliphatic carbocycles. The second kappa shape index (κ2) is 5.83. The summed E-state index contributed by atoms with van der Waals surface area (Å²) in [6.45, 7) is 2.17. The molecule has 0 amide bonds. The SMILES string of the molecule is CCCc1cc(OC)c(C2(N)CCCC2)cc1OC. The highest BCUT2D eigenvalue weighted by Crippen LogP contribution is 2.43. The molecule has 0 atom stereocenters. The number of methoxy groups -OCH3 is 2. The number of hydrogen-bond acceptors (Lipinski definition) is 3. The van der Waals surface area contributed by atoms with Gasteiger partial charge < -0.3 is 15.2 Å². The Morgan fingerprint density at radius 1 is 1.11 bits per heavy atom. The molecule has 106 valence electrons. The zero-order valence-electron chi connectivity index (χ0n) is 12.3. The third kappa shape index (κ3) is 2.71. The summed E-state index contributed by atoms with van der Waals surface area (Å²) in [5.41, 5.74) is 8.62.